The summed E-state index contributed by atoms with van der Waals surface area (Å²) in [4.78, 5) is 27.2. The van der Waals surface area contributed by atoms with Gasteiger partial charge in [-0.1, -0.05) is 60.2 Å². The van der Waals surface area contributed by atoms with Gasteiger partial charge in [0.1, 0.15) is 6.61 Å². The van der Waals surface area contributed by atoms with Crippen molar-refractivity contribution in [1.82, 2.24) is 4.90 Å². The molecule has 0 aliphatic carbocycles. The lowest BCUT2D eigenvalue weighted by atomic mass is 10.1. The van der Waals surface area contributed by atoms with Crippen LogP contribution in [0.2, 0.25) is 0 Å². The Hall–Kier alpha value is -2.78. The number of carbonyl (C=O) groups is 2. The van der Waals surface area contributed by atoms with E-state index >= 15 is 0 Å². The third-order valence-corrected chi connectivity index (χ3v) is 6.86. The van der Waals surface area contributed by atoms with E-state index in [0.717, 1.165) is 37.6 Å². The molecule has 1 aliphatic rings. The Morgan fingerprint density at radius 1 is 0.971 bits per heavy atom. The number of ether oxygens (including phenoxy) is 2. The molecule has 0 atom stereocenters. The number of thioether (sulfide) groups is 1. The predicted octanol–water partition coefficient (Wildman–Crippen LogP) is 6.81. The second-order valence-corrected chi connectivity index (χ2v) is 9.95. The van der Waals surface area contributed by atoms with Gasteiger partial charge in [0.25, 0.3) is 11.1 Å². The number of hydrogen-bond donors (Lipinski definition) is 0. The van der Waals surface area contributed by atoms with Crippen molar-refractivity contribution in [3.63, 3.8) is 0 Å². The molecule has 0 radical (unpaired) electrons. The van der Waals surface area contributed by atoms with Crippen molar-refractivity contribution < 1.29 is 19.1 Å². The minimum atomic E-state index is -0.283. The summed E-state index contributed by atoms with van der Waals surface area (Å²) in [5, 5.41) is -0.264. The zero-order chi connectivity index (χ0) is 24.1. The maximum absolute atomic E-state index is 13.0. The highest BCUT2D eigenvalue weighted by Crippen LogP contribution is 2.38. The molecule has 3 aromatic rings. The molecule has 7 heteroatoms. The largest absolute Gasteiger partial charge is 0.490 e. The Labute approximate surface area is 217 Å². The van der Waals surface area contributed by atoms with Gasteiger partial charge in [0.15, 0.2) is 11.5 Å². The molecule has 5 nitrogen and oxygen atoms in total. The first-order valence-electron chi connectivity index (χ1n) is 10.9. The minimum absolute atomic E-state index is 0.262. The first-order valence-corrected chi connectivity index (χ1v) is 12.8. The standard InChI is InChI=1S/C27H24INO4S/c1-3-32-23-14-21(13-22(28)25(23)33-17-19-9-5-4-6-10-19)15-24-26(30)29(27(31)34-24)16-20-11-7-8-18(2)12-20/h4-15H,3,16-17H2,1-2H3/b24-15-. The summed E-state index contributed by atoms with van der Waals surface area (Å²) in [6, 6.07) is 21.5. The Morgan fingerprint density at radius 2 is 1.74 bits per heavy atom. The third kappa shape index (κ3) is 5.82. The summed E-state index contributed by atoms with van der Waals surface area (Å²) in [6.07, 6.45) is 1.74. The number of rotatable bonds is 8. The van der Waals surface area contributed by atoms with Crippen molar-refractivity contribution in [1.29, 1.82) is 0 Å². The van der Waals surface area contributed by atoms with Crippen LogP contribution < -0.4 is 9.47 Å². The number of hydrogen-bond acceptors (Lipinski definition) is 5. The number of imide groups is 1. The maximum Gasteiger partial charge on any atom is 0.293 e. The van der Waals surface area contributed by atoms with Gasteiger partial charge >= 0.3 is 0 Å². The van der Waals surface area contributed by atoms with Gasteiger partial charge < -0.3 is 9.47 Å². The van der Waals surface area contributed by atoms with E-state index in [2.05, 4.69) is 22.6 Å². The van der Waals surface area contributed by atoms with Crippen LogP contribution in [0.3, 0.4) is 0 Å². The lowest BCUT2D eigenvalue weighted by Gasteiger charge is -2.15. The average Bonchev–Trinajstić information content (AvgIpc) is 3.07. The molecule has 2 amide bonds. The number of benzene rings is 3. The molecule has 0 aromatic heterocycles. The number of nitrogens with zero attached hydrogens (tertiary/aromatic N) is 1. The van der Waals surface area contributed by atoms with Crippen LogP contribution in [0.15, 0.2) is 71.6 Å². The smallest absolute Gasteiger partial charge is 0.293 e. The highest BCUT2D eigenvalue weighted by atomic mass is 127. The molecule has 0 unspecified atom stereocenters. The normalized spacial score (nSPS) is 14.7. The van der Waals surface area contributed by atoms with E-state index in [4.69, 9.17) is 9.47 Å². The van der Waals surface area contributed by atoms with Gasteiger partial charge in [0, 0.05) is 0 Å². The van der Waals surface area contributed by atoms with Crippen molar-refractivity contribution in [2.24, 2.45) is 0 Å². The fourth-order valence-corrected chi connectivity index (χ4v) is 5.20. The summed E-state index contributed by atoms with van der Waals surface area (Å²) < 4.78 is 12.8. The van der Waals surface area contributed by atoms with Crippen molar-refractivity contribution in [3.05, 3.63) is 97.5 Å². The molecule has 174 valence electrons. The van der Waals surface area contributed by atoms with Gasteiger partial charge in [-0.05, 0) is 83.1 Å². The zero-order valence-electron chi connectivity index (χ0n) is 18.9. The lowest BCUT2D eigenvalue weighted by Crippen LogP contribution is -2.27. The van der Waals surface area contributed by atoms with E-state index < -0.39 is 0 Å². The Balaban J connectivity index is 1.55. The number of amides is 2. The molecule has 1 aliphatic heterocycles. The molecule has 1 heterocycles. The van der Waals surface area contributed by atoms with Crippen LogP contribution in [-0.4, -0.2) is 22.7 Å². The number of carbonyl (C=O) groups excluding carboxylic acids is 2. The molecule has 0 bridgehead atoms. The molecular weight excluding hydrogens is 561 g/mol. The number of aryl methyl sites for hydroxylation is 1. The van der Waals surface area contributed by atoms with E-state index in [1.807, 2.05) is 80.6 Å². The molecule has 34 heavy (non-hydrogen) atoms. The van der Waals surface area contributed by atoms with Crippen LogP contribution in [0, 0.1) is 10.5 Å². The fraction of sp³-hybridized carbons (Fsp3) is 0.185. The van der Waals surface area contributed by atoms with E-state index in [-0.39, 0.29) is 17.7 Å². The van der Waals surface area contributed by atoms with Gasteiger partial charge in [-0.15, -0.1) is 0 Å². The third-order valence-electron chi connectivity index (χ3n) is 5.15. The van der Waals surface area contributed by atoms with Gasteiger partial charge in [-0.25, -0.2) is 0 Å². The molecule has 0 saturated carbocycles. The van der Waals surface area contributed by atoms with Crippen LogP contribution in [0.4, 0.5) is 4.79 Å². The molecular formula is C27H24INO4S. The first kappa shape index (κ1) is 24.3. The highest BCUT2D eigenvalue weighted by molar-refractivity contribution is 14.1. The van der Waals surface area contributed by atoms with Crippen LogP contribution >= 0.6 is 34.4 Å². The van der Waals surface area contributed by atoms with Gasteiger partial charge in [0.05, 0.1) is 21.6 Å². The highest BCUT2D eigenvalue weighted by Gasteiger charge is 2.35. The molecule has 4 rings (SSSR count). The minimum Gasteiger partial charge on any atom is -0.490 e. The van der Waals surface area contributed by atoms with Gasteiger partial charge in [0.2, 0.25) is 0 Å². The van der Waals surface area contributed by atoms with Gasteiger partial charge in [-0.3, -0.25) is 14.5 Å². The summed E-state index contributed by atoms with van der Waals surface area (Å²) in [5.41, 5.74) is 3.86. The molecule has 3 aromatic carbocycles. The maximum atomic E-state index is 13.0. The molecule has 1 saturated heterocycles. The lowest BCUT2D eigenvalue weighted by molar-refractivity contribution is -0.123. The van der Waals surface area contributed by atoms with Crippen molar-refractivity contribution in [3.8, 4) is 11.5 Å². The summed E-state index contributed by atoms with van der Waals surface area (Å²) in [7, 11) is 0. The molecule has 1 fully saturated rings. The van der Waals surface area contributed by atoms with Crippen molar-refractivity contribution >= 4 is 51.6 Å². The van der Waals surface area contributed by atoms with E-state index in [1.165, 1.54) is 4.90 Å². The second kappa shape index (κ2) is 11.1. The van der Waals surface area contributed by atoms with Crippen LogP contribution in [0.1, 0.15) is 29.2 Å². The summed E-state index contributed by atoms with van der Waals surface area (Å²) in [5.74, 6) is 0.987. The molecule has 0 N–H and O–H groups in total. The van der Waals surface area contributed by atoms with Crippen molar-refractivity contribution in [2.45, 2.75) is 27.0 Å². The first-order chi connectivity index (χ1) is 16.4. The number of halogens is 1. The Kier molecular flexibility index (Phi) is 7.95. The average molecular weight is 585 g/mol. The fourth-order valence-electron chi connectivity index (χ4n) is 3.58. The topological polar surface area (TPSA) is 55.8 Å². The summed E-state index contributed by atoms with van der Waals surface area (Å²) in [6.45, 7) is 5.07. The predicted molar refractivity (Wildman–Crippen MR) is 144 cm³/mol. The van der Waals surface area contributed by atoms with E-state index in [0.29, 0.717) is 29.6 Å². The van der Waals surface area contributed by atoms with E-state index in [1.54, 1.807) is 6.08 Å². The van der Waals surface area contributed by atoms with E-state index in [9.17, 15) is 9.59 Å². The zero-order valence-corrected chi connectivity index (χ0v) is 21.9. The SMILES string of the molecule is CCOc1cc(/C=C2\SC(=O)N(Cc3cccc(C)c3)C2=O)cc(I)c1OCc1ccccc1. The van der Waals surface area contributed by atoms with Crippen molar-refractivity contribution in [2.75, 3.05) is 6.61 Å². The molecule has 0 spiro atoms. The monoisotopic (exact) mass is 585 g/mol. The Bertz CT molecular complexity index is 1240. The van der Waals surface area contributed by atoms with Crippen LogP contribution in [0.5, 0.6) is 11.5 Å². The van der Waals surface area contributed by atoms with Crippen LogP contribution in [0.25, 0.3) is 6.08 Å². The van der Waals surface area contributed by atoms with Crippen LogP contribution in [-0.2, 0) is 17.9 Å². The summed E-state index contributed by atoms with van der Waals surface area (Å²) >= 11 is 3.17. The second-order valence-electron chi connectivity index (χ2n) is 7.79. The Morgan fingerprint density at radius 3 is 2.47 bits per heavy atom. The quantitative estimate of drug-likeness (QED) is 0.215. The van der Waals surface area contributed by atoms with Gasteiger partial charge in [-0.2, -0.15) is 0 Å².